The topological polar surface area (TPSA) is 26.0 Å². The number of nitrogen functional groups attached to an aromatic ring is 1. The van der Waals surface area contributed by atoms with Crippen LogP contribution in [0.1, 0.15) is 12.5 Å². The van der Waals surface area contributed by atoms with Gasteiger partial charge in [-0.05, 0) is 30.2 Å². The quantitative estimate of drug-likeness (QED) is 0.640. The molecule has 0 aromatic heterocycles. The molecule has 1 aromatic rings. The SMILES string of the molecule is C=C(C)c1ccc(Cl)cc1N. The van der Waals surface area contributed by atoms with E-state index in [2.05, 4.69) is 6.58 Å². The van der Waals surface area contributed by atoms with Gasteiger partial charge in [-0.1, -0.05) is 24.2 Å². The van der Waals surface area contributed by atoms with Crippen molar-refractivity contribution in [3.8, 4) is 0 Å². The minimum absolute atomic E-state index is 0.660. The number of rotatable bonds is 1. The number of hydrogen-bond donors (Lipinski definition) is 1. The predicted octanol–water partition coefficient (Wildman–Crippen LogP) is 2.96. The van der Waals surface area contributed by atoms with E-state index in [4.69, 9.17) is 17.3 Å². The number of benzene rings is 1. The van der Waals surface area contributed by atoms with Gasteiger partial charge in [-0.25, -0.2) is 0 Å². The molecule has 0 spiro atoms. The van der Waals surface area contributed by atoms with Gasteiger partial charge < -0.3 is 5.73 Å². The van der Waals surface area contributed by atoms with Crippen LogP contribution in [0.25, 0.3) is 5.57 Å². The highest BCUT2D eigenvalue weighted by atomic mass is 35.5. The molecule has 0 heterocycles. The van der Waals surface area contributed by atoms with Crippen LogP contribution in [0.4, 0.5) is 5.69 Å². The summed E-state index contributed by atoms with van der Waals surface area (Å²) in [6, 6.07) is 5.41. The first-order valence-electron chi connectivity index (χ1n) is 3.32. The highest BCUT2D eigenvalue weighted by molar-refractivity contribution is 6.30. The lowest BCUT2D eigenvalue weighted by Gasteiger charge is -2.03. The van der Waals surface area contributed by atoms with Crippen LogP contribution in [0, 0.1) is 0 Å². The second-order valence-corrected chi connectivity index (χ2v) is 2.95. The molecule has 0 amide bonds. The smallest absolute Gasteiger partial charge is 0.0426 e. The summed E-state index contributed by atoms with van der Waals surface area (Å²) in [6.07, 6.45) is 0. The summed E-state index contributed by atoms with van der Waals surface area (Å²) >= 11 is 5.71. The van der Waals surface area contributed by atoms with E-state index >= 15 is 0 Å². The Morgan fingerprint density at radius 2 is 2.18 bits per heavy atom. The summed E-state index contributed by atoms with van der Waals surface area (Å²) in [6.45, 7) is 5.71. The number of hydrogen-bond acceptors (Lipinski definition) is 1. The van der Waals surface area contributed by atoms with Crippen LogP contribution >= 0.6 is 11.6 Å². The molecule has 58 valence electrons. The van der Waals surface area contributed by atoms with Gasteiger partial charge in [0.15, 0.2) is 0 Å². The van der Waals surface area contributed by atoms with E-state index in [0.717, 1.165) is 11.1 Å². The molecule has 11 heavy (non-hydrogen) atoms. The van der Waals surface area contributed by atoms with Gasteiger partial charge in [0.25, 0.3) is 0 Å². The van der Waals surface area contributed by atoms with E-state index in [0.29, 0.717) is 10.7 Å². The van der Waals surface area contributed by atoms with Gasteiger partial charge in [-0.3, -0.25) is 0 Å². The van der Waals surface area contributed by atoms with Crippen LogP contribution < -0.4 is 5.73 Å². The number of halogens is 1. The van der Waals surface area contributed by atoms with Crippen molar-refractivity contribution in [2.45, 2.75) is 6.92 Å². The van der Waals surface area contributed by atoms with E-state index in [1.807, 2.05) is 19.1 Å². The first-order chi connectivity index (χ1) is 5.11. The van der Waals surface area contributed by atoms with E-state index in [1.54, 1.807) is 6.07 Å². The fourth-order valence-electron chi connectivity index (χ4n) is 0.922. The van der Waals surface area contributed by atoms with Gasteiger partial charge in [0, 0.05) is 10.7 Å². The molecule has 1 rings (SSSR count). The van der Waals surface area contributed by atoms with Gasteiger partial charge in [0.2, 0.25) is 0 Å². The van der Waals surface area contributed by atoms with E-state index in [1.165, 1.54) is 0 Å². The fourth-order valence-corrected chi connectivity index (χ4v) is 1.10. The summed E-state index contributed by atoms with van der Waals surface area (Å²) in [7, 11) is 0. The zero-order valence-corrected chi connectivity index (χ0v) is 7.15. The molecule has 2 N–H and O–H groups in total. The Hall–Kier alpha value is -0.950. The Labute approximate surface area is 71.5 Å². The maximum atomic E-state index is 5.71. The largest absolute Gasteiger partial charge is 0.398 e. The molecule has 0 aliphatic rings. The average Bonchev–Trinajstić information content (AvgIpc) is 1.85. The Kier molecular flexibility index (Phi) is 2.20. The average molecular weight is 168 g/mol. The molecule has 0 bridgehead atoms. The highest BCUT2D eigenvalue weighted by Crippen LogP contribution is 2.22. The van der Waals surface area contributed by atoms with Crippen LogP contribution in [0.15, 0.2) is 24.8 Å². The van der Waals surface area contributed by atoms with Crippen LogP contribution in [-0.2, 0) is 0 Å². The van der Waals surface area contributed by atoms with Gasteiger partial charge in [-0.2, -0.15) is 0 Å². The highest BCUT2D eigenvalue weighted by Gasteiger charge is 1.98. The van der Waals surface area contributed by atoms with Crippen LogP contribution in [0.2, 0.25) is 5.02 Å². The maximum absolute atomic E-state index is 5.71. The number of anilines is 1. The zero-order chi connectivity index (χ0) is 8.43. The summed E-state index contributed by atoms with van der Waals surface area (Å²) in [5, 5.41) is 0.660. The normalized spacial score (nSPS) is 9.64. The monoisotopic (exact) mass is 167 g/mol. The van der Waals surface area contributed by atoms with Crippen LogP contribution in [-0.4, -0.2) is 0 Å². The van der Waals surface area contributed by atoms with E-state index in [-0.39, 0.29) is 0 Å². The predicted molar refractivity (Wildman–Crippen MR) is 50.6 cm³/mol. The van der Waals surface area contributed by atoms with Gasteiger partial charge in [0.1, 0.15) is 0 Å². The van der Waals surface area contributed by atoms with Gasteiger partial charge in [-0.15, -0.1) is 0 Å². The Balaban J connectivity index is 3.20. The second kappa shape index (κ2) is 2.97. The molecule has 0 aliphatic heterocycles. The maximum Gasteiger partial charge on any atom is 0.0426 e. The van der Waals surface area contributed by atoms with Gasteiger partial charge in [0.05, 0.1) is 0 Å². The fraction of sp³-hybridized carbons (Fsp3) is 0.111. The lowest BCUT2D eigenvalue weighted by molar-refractivity contribution is 1.57. The molecule has 0 radical (unpaired) electrons. The van der Waals surface area contributed by atoms with Crippen molar-refractivity contribution in [3.63, 3.8) is 0 Å². The summed E-state index contributed by atoms with van der Waals surface area (Å²) in [5.74, 6) is 0. The van der Waals surface area contributed by atoms with Crippen molar-refractivity contribution >= 4 is 22.9 Å². The molecule has 0 fully saturated rings. The molecule has 1 aromatic carbocycles. The number of nitrogens with two attached hydrogens (primary N) is 1. The lowest BCUT2D eigenvalue weighted by atomic mass is 10.1. The van der Waals surface area contributed by atoms with Crippen LogP contribution in [0.5, 0.6) is 0 Å². The minimum atomic E-state index is 0.660. The summed E-state index contributed by atoms with van der Waals surface area (Å²) < 4.78 is 0. The second-order valence-electron chi connectivity index (χ2n) is 2.51. The first kappa shape index (κ1) is 8.15. The first-order valence-corrected chi connectivity index (χ1v) is 3.70. The summed E-state index contributed by atoms with van der Waals surface area (Å²) in [4.78, 5) is 0. The molecule has 0 unspecified atom stereocenters. The summed E-state index contributed by atoms with van der Waals surface area (Å²) in [5.41, 5.74) is 8.29. The third-order valence-electron chi connectivity index (χ3n) is 1.47. The molecule has 0 saturated heterocycles. The van der Waals surface area contributed by atoms with Crippen molar-refractivity contribution in [3.05, 3.63) is 35.4 Å². The standard InChI is InChI=1S/C9H10ClN/c1-6(2)8-4-3-7(10)5-9(8)11/h3-5H,1,11H2,2H3. The van der Waals surface area contributed by atoms with Gasteiger partial charge >= 0.3 is 0 Å². The minimum Gasteiger partial charge on any atom is -0.398 e. The molecule has 0 aliphatic carbocycles. The van der Waals surface area contributed by atoms with E-state index < -0.39 is 0 Å². The molecular weight excluding hydrogens is 158 g/mol. The number of allylic oxidation sites excluding steroid dienone is 1. The Morgan fingerprint density at radius 3 is 2.64 bits per heavy atom. The third kappa shape index (κ3) is 1.75. The van der Waals surface area contributed by atoms with Crippen molar-refractivity contribution in [2.75, 3.05) is 5.73 Å². The molecule has 2 heteroatoms. The Bertz CT molecular complexity index is 292. The zero-order valence-electron chi connectivity index (χ0n) is 6.39. The molecule has 0 atom stereocenters. The van der Waals surface area contributed by atoms with Crippen molar-refractivity contribution in [1.82, 2.24) is 0 Å². The van der Waals surface area contributed by atoms with Crippen LogP contribution in [0.3, 0.4) is 0 Å². The lowest BCUT2D eigenvalue weighted by Crippen LogP contribution is -1.90. The molecule has 0 saturated carbocycles. The van der Waals surface area contributed by atoms with Crippen molar-refractivity contribution in [2.24, 2.45) is 0 Å². The Morgan fingerprint density at radius 1 is 1.55 bits per heavy atom. The third-order valence-corrected chi connectivity index (χ3v) is 1.71. The molecule has 1 nitrogen and oxygen atoms in total. The molecular formula is C9H10ClN. The van der Waals surface area contributed by atoms with Crippen molar-refractivity contribution < 1.29 is 0 Å². The van der Waals surface area contributed by atoms with Crippen molar-refractivity contribution in [1.29, 1.82) is 0 Å². The van der Waals surface area contributed by atoms with E-state index in [9.17, 15) is 0 Å².